The Bertz CT molecular complexity index is 705. The van der Waals surface area contributed by atoms with Crippen LogP contribution in [-0.2, 0) is 0 Å². The molecule has 0 atom stereocenters. The first kappa shape index (κ1) is 14.6. The maximum Gasteiger partial charge on any atom is 0.255 e. The van der Waals surface area contributed by atoms with Crippen LogP contribution in [0.1, 0.15) is 16.8 Å². The van der Waals surface area contributed by atoms with Gasteiger partial charge in [0.15, 0.2) is 0 Å². The summed E-state index contributed by atoms with van der Waals surface area (Å²) in [7, 11) is 0. The zero-order valence-electron chi connectivity index (χ0n) is 10.9. The molecule has 0 unspecified atom stereocenters. The number of anilines is 1. The first-order valence-corrected chi connectivity index (χ1v) is 6.55. The number of hydrazone groups is 1. The fourth-order valence-electron chi connectivity index (χ4n) is 1.49. The minimum atomic E-state index is -0.203. The molecule has 0 bridgehead atoms. The molecule has 0 amide bonds. The number of benzene rings is 1. The molecule has 2 rings (SSSR count). The SMILES string of the molecule is Cc1nc(N/N=C/c2c(Cl)cccc2Cl)[nH]c(=O)c1C. The third-order valence-corrected chi connectivity index (χ3v) is 3.42. The van der Waals surface area contributed by atoms with Gasteiger partial charge in [-0.15, -0.1) is 0 Å². The monoisotopic (exact) mass is 310 g/mol. The number of hydrogen-bond donors (Lipinski definition) is 2. The number of rotatable bonds is 3. The number of aromatic nitrogens is 2. The maximum absolute atomic E-state index is 11.6. The van der Waals surface area contributed by atoms with Crippen LogP contribution in [0.15, 0.2) is 28.1 Å². The topological polar surface area (TPSA) is 70.1 Å². The number of H-pyrrole nitrogens is 1. The van der Waals surface area contributed by atoms with Crippen LogP contribution in [0.2, 0.25) is 10.0 Å². The maximum atomic E-state index is 11.6. The lowest BCUT2D eigenvalue weighted by Gasteiger charge is -2.03. The second kappa shape index (κ2) is 6.07. The molecule has 0 aliphatic rings. The molecule has 20 heavy (non-hydrogen) atoms. The van der Waals surface area contributed by atoms with Gasteiger partial charge in [-0.2, -0.15) is 5.10 Å². The van der Waals surface area contributed by atoms with Crippen LogP contribution < -0.4 is 11.0 Å². The summed E-state index contributed by atoms with van der Waals surface area (Å²) in [4.78, 5) is 18.3. The summed E-state index contributed by atoms with van der Waals surface area (Å²) in [6.45, 7) is 3.46. The molecule has 0 saturated carbocycles. The molecule has 2 N–H and O–H groups in total. The average Bonchev–Trinajstić information content (AvgIpc) is 2.39. The Balaban J connectivity index is 2.21. The number of halogens is 2. The number of aryl methyl sites for hydroxylation is 1. The van der Waals surface area contributed by atoms with Crippen molar-refractivity contribution in [3.05, 3.63) is 55.4 Å². The predicted octanol–water partition coefficient (Wildman–Crippen LogP) is 3.14. The Hall–Kier alpha value is -1.85. The predicted molar refractivity (Wildman–Crippen MR) is 82.0 cm³/mol. The van der Waals surface area contributed by atoms with Gasteiger partial charge in [0.25, 0.3) is 5.56 Å². The third-order valence-electron chi connectivity index (χ3n) is 2.76. The van der Waals surface area contributed by atoms with Gasteiger partial charge < -0.3 is 0 Å². The second-order valence-corrected chi connectivity index (χ2v) is 4.94. The number of nitrogens with one attached hydrogen (secondary N) is 2. The molecular weight excluding hydrogens is 299 g/mol. The Morgan fingerprint density at radius 2 is 1.95 bits per heavy atom. The zero-order chi connectivity index (χ0) is 14.7. The smallest absolute Gasteiger partial charge is 0.255 e. The summed E-state index contributed by atoms with van der Waals surface area (Å²) in [6.07, 6.45) is 1.47. The number of nitrogens with zero attached hydrogens (tertiary/aromatic N) is 2. The summed E-state index contributed by atoms with van der Waals surface area (Å²) in [5.41, 5.74) is 4.25. The normalized spacial score (nSPS) is 11.0. The standard InChI is InChI=1S/C13H12Cl2N4O/c1-7-8(2)17-13(18-12(7)20)19-16-6-9-10(14)4-3-5-11(9)15/h3-6H,1-2H3,(H2,17,18,19,20)/b16-6+. The van der Waals surface area contributed by atoms with Gasteiger partial charge in [0, 0.05) is 16.8 Å². The molecule has 5 nitrogen and oxygen atoms in total. The van der Waals surface area contributed by atoms with Crippen molar-refractivity contribution >= 4 is 35.4 Å². The Morgan fingerprint density at radius 3 is 2.55 bits per heavy atom. The van der Waals surface area contributed by atoms with Gasteiger partial charge in [-0.3, -0.25) is 9.78 Å². The van der Waals surface area contributed by atoms with Crippen molar-refractivity contribution in [3.63, 3.8) is 0 Å². The Kier molecular flexibility index (Phi) is 4.42. The summed E-state index contributed by atoms with van der Waals surface area (Å²) < 4.78 is 0. The van der Waals surface area contributed by atoms with Gasteiger partial charge in [-0.1, -0.05) is 29.3 Å². The molecule has 1 aromatic heterocycles. The second-order valence-electron chi connectivity index (χ2n) is 4.13. The van der Waals surface area contributed by atoms with E-state index in [1.165, 1.54) is 6.21 Å². The zero-order valence-corrected chi connectivity index (χ0v) is 12.4. The lowest BCUT2D eigenvalue weighted by atomic mass is 10.2. The highest BCUT2D eigenvalue weighted by molar-refractivity contribution is 6.38. The van der Waals surface area contributed by atoms with Crippen LogP contribution in [0.3, 0.4) is 0 Å². The number of aromatic amines is 1. The van der Waals surface area contributed by atoms with Gasteiger partial charge in [0.2, 0.25) is 5.95 Å². The van der Waals surface area contributed by atoms with Crippen molar-refractivity contribution < 1.29 is 0 Å². The molecule has 2 aromatic rings. The van der Waals surface area contributed by atoms with Gasteiger partial charge in [-0.05, 0) is 26.0 Å². The van der Waals surface area contributed by atoms with Crippen molar-refractivity contribution in [2.45, 2.75) is 13.8 Å². The molecule has 0 fully saturated rings. The summed E-state index contributed by atoms with van der Waals surface area (Å²) in [5, 5.41) is 4.95. The molecule has 0 saturated heterocycles. The van der Waals surface area contributed by atoms with E-state index in [0.717, 1.165) is 0 Å². The van der Waals surface area contributed by atoms with Crippen molar-refractivity contribution in [1.29, 1.82) is 0 Å². The summed E-state index contributed by atoms with van der Waals surface area (Å²) >= 11 is 12.0. The minimum absolute atomic E-state index is 0.203. The van der Waals surface area contributed by atoms with Crippen molar-refractivity contribution in [2.24, 2.45) is 5.10 Å². The van der Waals surface area contributed by atoms with E-state index >= 15 is 0 Å². The van der Waals surface area contributed by atoms with Crippen LogP contribution in [0, 0.1) is 13.8 Å². The van der Waals surface area contributed by atoms with Crippen LogP contribution in [0.5, 0.6) is 0 Å². The molecule has 104 valence electrons. The number of hydrogen-bond acceptors (Lipinski definition) is 4. The van der Waals surface area contributed by atoms with Crippen molar-refractivity contribution in [1.82, 2.24) is 9.97 Å². The van der Waals surface area contributed by atoms with E-state index in [4.69, 9.17) is 23.2 Å². The molecule has 0 aliphatic carbocycles. The third kappa shape index (κ3) is 3.18. The lowest BCUT2D eigenvalue weighted by Crippen LogP contribution is -2.15. The Labute approximate surface area is 125 Å². The summed E-state index contributed by atoms with van der Waals surface area (Å²) in [5.74, 6) is 0.262. The van der Waals surface area contributed by atoms with Crippen molar-refractivity contribution in [3.8, 4) is 0 Å². The van der Waals surface area contributed by atoms with Gasteiger partial charge >= 0.3 is 0 Å². The van der Waals surface area contributed by atoms with E-state index in [1.807, 2.05) is 0 Å². The fraction of sp³-hybridized carbons (Fsp3) is 0.154. The van der Waals surface area contributed by atoms with E-state index in [-0.39, 0.29) is 11.5 Å². The molecule has 1 aromatic carbocycles. The van der Waals surface area contributed by atoms with Gasteiger partial charge in [0.05, 0.1) is 16.3 Å². The van der Waals surface area contributed by atoms with Crippen LogP contribution in [0.25, 0.3) is 0 Å². The molecule has 0 radical (unpaired) electrons. The van der Waals surface area contributed by atoms with Crippen LogP contribution in [-0.4, -0.2) is 16.2 Å². The fourth-order valence-corrected chi connectivity index (χ4v) is 1.99. The summed E-state index contributed by atoms with van der Waals surface area (Å²) in [6, 6.07) is 5.17. The van der Waals surface area contributed by atoms with E-state index in [1.54, 1.807) is 32.0 Å². The molecule has 7 heteroatoms. The molecule has 0 aliphatic heterocycles. The highest BCUT2D eigenvalue weighted by atomic mass is 35.5. The molecule has 0 spiro atoms. The van der Waals surface area contributed by atoms with E-state index in [2.05, 4.69) is 20.5 Å². The first-order chi connectivity index (χ1) is 9.49. The van der Waals surface area contributed by atoms with E-state index in [9.17, 15) is 4.79 Å². The minimum Gasteiger partial charge on any atom is -0.291 e. The first-order valence-electron chi connectivity index (χ1n) is 5.79. The van der Waals surface area contributed by atoms with Gasteiger partial charge in [0.1, 0.15) is 0 Å². The Morgan fingerprint density at radius 1 is 1.30 bits per heavy atom. The molecular formula is C13H12Cl2N4O. The highest BCUT2D eigenvalue weighted by Gasteiger charge is 2.04. The van der Waals surface area contributed by atoms with Crippen LogP contribution >= 0.6 is 23.2 Å². The quantitative estimate of drug-likeness (QED) is 0.676. The lowest BCUT2D eigenvalue weighted by molar-refractivity contribution is 1.01. The van der Waals surface area contributed by atoms with E-state index in [0.29, 0.717) is 26.9 Å². The molecule has 1 heterocycles. The average molecular weight is 311 g/mol. The van der Waals surface area contributed by atoms with Gasteiger partial charge in [-0.25, -0.2) is 10.4 Å². The van der Waals surface area contributed by atoms with Crippen molar-refractivity contribution in [2.75, 3.05) is 5.43 Å². The highest BCUT2D eigenvalue weighted by Crippen LogP contribution is 2.22. The van der Waals surface area contributed by atoms with Crippen LogP contribution in [0.4, 0.5) is 5.95 Å². The van der Waals surface area contributed by atoms with E-state index < -0.39 is 0 Å². The largest absolute Gasteiger partial charge is 0.291 e.